The lowest BCUT2D eigenvalue weighted by Crippen LogP contribution is -2.35. The molecule has 2 amide bonds. The molecule has 9 nitrogen and oxygen atoms in total. The second-order valence-electron chi connectivity index (χ2n) is 6.94. The number of aromatic nitrogens is 2. The van der Waals surface area contributed by atoms with Gasteiger partial charge in [0.15, 0.2) is 4.90 Å². The summed E-state index contributed by atoms with van der Waals surface area (Å²) in [7, 11) is -1.71. The Morgan fingerprint density at radius 1 is 1.00 bits per heavy atom. The van der Waals surface area contributed by atoms with E-state index in [1.165, 1.54) is 14.2 Å². The van der Waals surface area contributed by atoms with Gasteiger partial charge in [0.05, 0.1) is 14.2 Å². The van der Waals surface area contributed by atoms with Crippen LogP contribution in [0.15, 0.2) is 29.2 Å². The lowest BCUT2D eigenvalue weighted by molar-refractivity contribution is 0.256. The Morgan fingerprint density at radius 3 is 2.07 bits per heavy atom. The first-order chi connectivity index (χ1) is 13.6. The van der Waals surface area contributed by atoms with E-state index in [1.54, 1.807) is 0 Å². The molecule has 1 aromatic heterocycles. The maximum absolute atomic E-state index is 12.7. The highest BCUT2D eigenvalue weighted by atomic mass is 32.2. The quantitative estimate of drug-likeness (QED) is 0.703. The number of sulfonamides is 1. The van der Waals surface area contributed by atoms with Gasteiger partial charge in [-0.25, -0.2) is 17.9 Å². The van der Waals surface area contributed by atoms with Gasteiger partial charge in [-0.05, 0) is 23.0 Å². The van der Waals surface area contributed by atoms with E-state index in [2.05, 4.69) is 15.5 Å². The molecule has 0 fully saturated rings. The number of hydrogen-bond acceptors (Lipinski definition) is 7. The first-order valence-corrected chi connectivity index (χ1v) is 10.5. The Balaban J connectivity index is 2.37. The molecule has 0 aliphatic heterocycles. The number of benzene rings is 1. The highest BCUT2D eigenvalue weighted by Gasteiger charge is 2.26. The highest BCUT2D eigenvalue weighted by molar-refractivity contribution is 7.90. The molecule has 2 rings (SSSR count). The molecule has 0 aliphatic carbocycles. The number of methoxy groups -OCH3 is 2. The lowest BCUT2D eigenvalue weighted by Gasteiger charge is -2.20. The fraction of sp³-hybridized carbons (Fsp3) is 0.421. The molecule has 29 heavy (non-hydrogen) atoms. The predicted molar refractivity (Wildman–Crippen MR) is 109 cm³/mol. The third-order valence-electron chi connectivity index (χ3n) is 4.24. The average molecular weight is 423 g/mol. The van der Waals surface area contributed by atoms with Gasteiger partial charge in [0.25, 0.3) is 15.9 Å². The maximum Gasteiger partial charge on any atom is 0.333 e. The van der Waals surface area contributed by atoms with Crippen LogP contribution in [-0.4, -0.2) is 38.9 Å². The predicted octanol–water partition coefficient (Wildman–Crippen LogP) is 3.25. The molecule has 0 spiro atoms. The lowest BCUT2D eigenvalue weighted by atomic mass is 9.93. The van der Waals surface area contributed by atoms with Crippen molar-refractivity contribution in [2.24, 2.45) is 0 Å². The molecular weight excluding hydrogens is 396 g/mol. The summed E-state index contributed by atoms with van der Waals surface area (Å²) in [6.07, 6.45) is 0. The first-order valence-electron chi connectivity index (χ1n) is 9.03. The van der Waals surface area contributed by atoms with Crippen LogP contribution < -0.4 is 19.5 Å². The molecule has 10 heteroatoms. The first kappa shape index (κ1) is 22.4. The van der Waals surface area contributed by atoms with Crippen molar-refractivity contribution >= 4 is 21.7 Å². The molecule has 1 heterocycles. The summed E-state index contributed by atoms with van der Waals surface area (Å²) < 4.78 is 37.3. The van der Waals surface area contributed by atoms with Crippen molar-refractivity contribution in [1.29, 1.82) is 0 Å². The molecule has 158 valence electrons. The zero-order valence-corrected chi connectivity index (χ0v) is 18.1. The molecule has 2 aromatic rings. The average Bonchev–Trinajstić information content (AvgIpc) is 2.66. The van der Waals surface area contributed by atoms with Gasteiger partial charge in [-0.15, -0.1) is 10.2 Å². The SMILES string of the molecule is COc1cc(S(=O)(=O)NC(=O)Nc2c(C(C)C)cccc2C(C)C)c(OC)nn1. The summed E-state index contributed by atoms with van der Waals surface area (Å²) >= 11 is 0. The normalized spacial score (nSPS) is 11.4. The molecule has 0 unspecified atom stereocenters. The van der Waals surface area contributed by atoms with Crippen LogP contribution >= 0.6 is 0 Å². The van der Waals surface area contributed by atoms with Gasteiger partial charge in [0.1, 0.15) is 0 Å². The summed E-state index contributed by atoms with van der Waals surface area (Å²) in [5.74, 6) is -0.0147. The van der Waals surface area contributed by atoms with Crippen LogP contribution in [0.1, 0.15) is 50.7 Å². The molecule has 0 aliphatic rings. The summed E-state index contributed by atoms with van der Waals surface area (Å²) in [6.45, 7) is 8.00. The van der Waals surface area contributed by atoms with Gasteiger partial charge in [-0.3, -0.25) is 0 Å². The summed E-state index contributed by atoms with van der Waals surface area (Å²) in [4.78, 5) is 12.2. The topological polar surface area (TPSA) is 120 Å². The van der Waals surface area contributed by atoms with E-state index in [9.17, 15) is 13.2 Å². The van der Waals surface area contributed by atoms with Crippen LogP contribution in [0.25, 0.3) is 0 Å². The molecule has 1 aromatic carbocycles. The molecule has 0 atom stereocenters. The number of hydrogen-bond donors (Lipinski definition) is 2. The highest BCUT2D eigenvalue weighted by Crippen LogP contribution is 2.32. The van der Waals surface area contributed by atoms with E-state index < -0.39 is 16.1 Å². The molecule has 0 bridgehead atoms. The fourth-order valence-electron chi connectivity index (χ4n) is 2.79. The van der Waals surface area contributed by atoms with Crippen LogP contribution in [0.4, 0.5) is 10.5 Å². The largest absolute Gasteiger partial charge is 0.480 e. The Bertz CT molecular complexity index is 964. The third kappa shape index (κ3) is 5.14. The Morgan fingerprint density at radius 2 is 1.59 bits per heavy atom. The Labute approximate surface area is 170 Å². The number of nitrogens with one attached hydrogen (secondary N) is 2. The van der Waals surface area contributed by atoms with Crippen molar-refractivity contribution in [1.82, 2.24) is 14.9 Å². The minimum atomic E-state index is -4.29. The molecule has 0 saturated carbocycles. The van der Waals surface area contributed by atoms with Gasteiger partial charge in [0, 0.05) is 11.8 Å². The second-order valence-corrected chi connectivity index (χ2v) is 8.59. The van der Waals surface area contributed by atoms with E-state index in [-0.39, 0.29) is 28.5 Å². The van der Waals surface area contributed by atoms with E-state index in [0.717, 1.165) is 17.2 Å². The smallest absolute Gasteiger partial charge is 0.333 e. The zero-order valence-electron chi connectivity index (χ0n) is 17.3. The van der Waals surface area contributed by atoms with E-state index >= 15 is 0 Å². The van der Waals surface area contributed by atoms with Gasteiger partial charge in [-0.1, -0.05) is 45.9 Å². The third-order valence-corrected chi connectivity index (χ3v) is 5.56. The number of anilines is 1. The number of rotatable bonds is 7. The van der Waals surface area contributed by atoms with Gasteiger partial charge < -0.3 is 14.8 Å². The number of urea groups is 1. The zero-order chi connectivity index (χ0) is 21.8. The van der Waals surface area contributed by atoms with Crippen molar-refractivity contribution in [2.45, 2.75) is 44.4 Å². The number of nitrogens with zero attached hydrogens (tertiary/aromatic N) is 2. The number of carbonyl (C=O) groups is 1. The number of para-hydroxylation sites is 1. The summed E-state index contributed by atoms with van der Waals surface area (Å²) in [6, 6.07) is 5.97. The molecular formula is C19H26N4O5S. The van der Waals surface area contributed by atoms with E-state index in [4.69, 9.17) is 9.47 Å². The minimum Gasteiger partial charge on any atom is -0.480 e. The number of ether oxygens (including phenoxy) is 2. The van der Waals surface area contributed by atoms with Gasteiger partial charge in [-0.2, -0.15) is 0 Å². The van der Waals surface area contributed by atoms with Crippen LogP contribution in [0.3, 0.4) is 0 Å². The monoisotopic (exact) mass is 422 g/mol. The number of amides is 2. The molecule has 0 saturated heterocycles. The standard InChI is InChI=1S/C19H26N4O5S/c1-11(2)13-8-7-9-14(12(3)4)17(13)20-19(24)23-29(25,26)15-10-16(27-5)21-22-18(15)28-6/h7-12H,1-6H3,(H2,20,23,24). The maximum atomic E-state index is 12.7. The molecule has 0 radical (unpaired) electrons. The summed E-state index contributed by atoms with van der Waals surface area (Å²) in [5, 5.41) is 10.0. The van der Waals surface area contributed by atoms with Crippen LogP contribution in [0.5, 0.6) is 11.8 Å². The van der Waals surface area contributed by atoms with Gasteiger partial charge >= 0.3 is 6.03 Å². The second kappa shape index (κ2) is 9.08. The number of carbonyl (C=O) groups excluding carboxylic acids is 1. The van der Waals surface area contributed by atoms with Crippen molar-refractivity contribution < 1.29 is 22.7 Å². The fourth-order valence-corrected chi connectivity index (χ4v) is 3.81. The van der Waals surface area contributed by atoms with Crippen molar-refractivity contribution in [3.63, 3.8) is 0 Å². The van der Waals surface area contributed by atoms with E-state index in [0.29, 0.717) is 5.69 Å². The van der Waals surface area contributed by atoms with Crippen molar-refractivity contribution in [3.8, 4) is 11.8 Å². The van der Waals surface area contributed by atoms with E-state index in [1.807, 2.05) is 50.6 Å². The molecule has 2 N–H and O–H groups in total. The van der Waals surface area contributed by atoms with Gasteiger partial charge in [0.2, 0.25) is 5.88 Å². The van der Waals surface area contributed by atoms with Crippen molar-refractivity contribution in [3.05, 3.63) is 35.4 Å². The Kier molecular flexibility index (Phi) is 7.02. The van der Waals surface area contributed by atoms with Crippen molar-refractivity contribution in [2.75, 3.05) is 19.5 Å². The van der Waals surface area contributed by atoms with Crippen LogP contribution in [0, 0.1) is 0 Å². The minimum absolute atomic E-state index is 0.0289. The summed E-state index contributed by atoms with van der Waals surface area (Å²) in [5.41, 5.74) is 2.42. The van der Waals surface area contributed by atoms with Crippen LogP contribution in [0.2, 0.25) is 0 Å². The van der Waals surface area contributed by atoms with Crippen LogP contribution in [-0.2, 0) is 10.0 Å². The Hall–Kier alpha value is -2.88.